The average Bonchev–Trinajstić information content (AvgIpc) is 3.42. The topological polar surface area (TPSA) is 111 Å². The molecule has 2 N–H and O–H groups in total. The molecule has 2 atom stereocenters. The van der Waals surface area contributed by atoms with Crippen molar-refractivity contribution in [3.05, 3.63) is 52.6 Å². The Morgan fingerprint density at radius 3 is 2.73 bits per heavy atom. The number of fused-ring (bicyclic) bond motifs is 1. The largest absolute Gasteiger partial charge is 0.374 e. The summed E-state index contributed by atoms with van der Waals surface area (Å²) in [5.74, 6) is -0.351. The van der Waals surface area contributed by atoms with Gasteiger partial charge in [-0.05, 0) is 18.4 Å². The fourth-order valence-electron chi connectivity index (χ4n) is 3.35. The molecule has 1 saturated heterocycles. The van der Waals surface area contributed by atoms with Crippen molar-refractivity contribution in [2.24, 2.45) is 5.92 Å². The number of aromatic amines is 1. The lowest BCUT2D eigenvalue weighted by atomic mass is 10.2. The van der Waals surface area contributed by atoms with E-state index >= 15 is 0 Å². The van der Waals surface area contributed by atoms with E-state index < -0.39 is 12.5 Å². The van der Waals surface area contributed by atoms with E-state index in [0.717, 1.165) is 18.4 Å². The highest BCUT2D eigenvalue weighted by molar-refractivity contribution is 5.91. The Morgan fingerprint density at radius 1 is 1.30 bits per heavy atom. The highest BCUT2D eigenvalue weighted by Crippen LogP contribution is 2.30. The van der Waals surface area contributed by atoms with Crippen molar-refractivity contribution in [1.82, 2.24) is 19.5 Å². The summed E-state index contributed by atoms with van der Waals surface area (Å²) in [6, 6.07) is 9.99. The van der Waals surface area contributed by atoms with Gasteiger partial charge in [0.25, 0.3) is 5.56 Å². The number of carbonyl (C=O) groups is 1. The summed E-state index contributed by atoms with van der Waals surface area (Å²) in [6.45, 7) is 2.81. The number of halogens is 2. The molecule has 1 aliphatic rings. The van der Waals surface area contributed by atoms with Crippen molar-refractivity contribution < 1.29 is 23.0 Å². The number of nitrogens with one attached hydrogen (secondary N) is 2. The Labute approximate surface area is 189 Å². The number of imidazole rings is 1. The van der Waals surface area contributed by atoms with Gasteiger partial charge >= 0.3 is 0 Å². The minimum atomic E-state index is -1.75. The second-order valence-corrected chi connectivity index (χ2v) is 7.77. The normalized spacial score (nSPS) is 17.7. The van der Waals surface area contributed by atoms with Crippen molar-refractivity contribution in [2.75, 3.05) is 18.9 Å². The maximum atomic E-state index is 12.3. The molecule has 33 heavy (non-hydrogen) atoms. The number of rotatable bonds is 7. The van der Waals surface area contributed by atoms with E-state index in [9.17, 15) is 18.4 Å². The molecule has 3 aromatic rings. The molecule has 1 amide bonds. The Morgan fingerprint density at radius 2 is 2.03 bits per heavy atom. The molecular formula is C22H27F2N5O4. The SMILES string of the molecule is CC(C)C(=O)Nc1nc2c(ncn2C2CCC(COCc3ccccc3)O2)c(=O)[nH]1.FCF. The average molecular weight is 463 g/mol. The molecule has 2 aromatic heterocycles. The second kappa shape index (κ2) is 11.6. The van der Waals surface area contributed by atoms with Crippen molar-refractivity contribution >= 4 is 23.0 Å². The van der Waals surface area contributed by atoms with Gasteiger partial charge in [-0.2, -0.15) is 4.98 Å². The lowest BCUT2D eigenvalue weighted by molar-refractivity contribution is -0.118. The number of anilines is 1. The van der Waals surface area contributed by atoms with Crippen LogP contribution in [0.4, 0.5) is 14.7 Å². The quantitative estimate of drug-likeness (QED) is 0.555. The number of benzene rings is 1. The molecule has 11 heteroatoms. The monoisotopic (exact) mass is 463 g/mol. The van der Waals surface area contributed by atoms with Crippen LogP contribution in [-0.4, -0.2) is 45.1 Å². The Bertz CT molecular complexity index is 1100. The lowest BCUT2D eigenvalue weighted by Crippen LogP contribution is -2.22. The van der Waals surface area contributed by atoms with Gasteiger partial charge < -0.3 is 9.47 Å². The number of hydrogen-bond donors (Lipinski definition) is 2. The zero-order valence-electron chi connectivity index (χ0n) is 18.5. The summed E-state index contributed by atoms with van der Waals surface area (Å²) < 4.78 is 32.9. The summed E-state index contributed by atoms with van der Waals surface area (Å²) in [4.78, 5) is 35.4. The van der Waals surface area contributed by atoms with Gasteiger partial charge in [0.05, 0.1) is 25.6 Å². The molecule has 4 rings (SSSR count). The van der Waals surface area contributed by atoms with Crippen LogP contribution in [0.25, 0.3) is 11.2 Å². The predicted octanol–water partition coefficient (Wildman–Crippen LogP) is 3.49. The molecule has 0 saturated carbocycles. The maximum Gasteiger partial charge on any atom is 0.280 e. The highest BCUT2D eigenvalue weighted by atomic mass is 19.3. The smallest absolute Gasteiger partial charge is 0.280 e. The summed E-state index contributed by atoms with van der Waals surface area (Å²) in [7, 11) is 0. The third kappa shape index (κ3) is 6.42. The van der Waals surface area contributed by atoms with Gasteiger partial charge in [0.15, 0.2) is 11.2 Å². The highest BCUT2D eigenvalue weighted by Gasteiger charge is 2.28. The molecule has 0 spiro atoms. The molecule has 0 aliphatic carbocycles. The molecule has 1 aliphatic heterocycles. The van der Waals surface area contributed by atoms with Gasteiger partial charge in [-0.3, -0.25) is 24.5 Å². The first-order valence-electron chi connectivity index (χ1n) is 10.6. The fourth-order valence-corrected chi connectivity index (χ4v) is 3.35. The van der Waals surface area contributed by atoms with Crippen molar-refractivity contribution in [3.63, 3.8) is 0 Å². The number of alkyl halides is 2. The molecule has 1 aromatic carbocycles. The molecule has 3 heterocycles. The summed E-state index contributed by atoms with van der Waals surface area (Å²) in [5.41, 5.74) is 1.31. The van der Waals surface area contributed by atoms with Gasteiger partial charge in [0.2, 0.25) is 18.8 Å². The zero-order chi connectivity index (χ0) is 23.8. The Kier molecular flexibility index (Phi) is 8.61. The first-order valence-corrected chi connectivity index (χ1v) is 10.6. The Hall–Kier alpha value is -3.18. The number of ether oxygens (including phenoxy) is 2. The molecule has 2 unspecified atom stereocenters. The number of hydrogen-bond acceptors (Lipinski definition) is 6. The van der Waals surface area contributed by atoms with E-state index in [-0.39, 0.29) is 35.6 Å². The van der Waals surface area contributed by atoms with Crippen LogP contribution in [0.1, 0.15) is 38.5 Å². The van der Waals surface area contributed by atoms with Crippen LogP contribution in [0.3, 0.4) is 0 Å². The van der Waals surface area contributed by atoms with Crippen LogP contribution in [-0.2, 0) is 20.9 Å². The summed E-state index contributed by atoms with van der Waals surface area (Å²) in [6.07, 6.45) is 2.81. The number of carbonyl (C=O) groups excluding carboxylic acids is 1. The molecule has 0 radical (unpaired) electrons. The summed E-state index contributed by atoms with van der Waals surface area (Å²) >= 11 is 0. The predicted molar refractivity (Wildman–Crippen MR) is 118 cm³/mol. The standard InChI is InChI=1S/C21H25N5O4.CH2F2/c1-13(2)19(27)24-21-23-18-17(20(28)25-21)22-12-26(18)16-9-8-15(30-16)11-29-10-14-6-4-3-5-7-14;2-1-3/h3-7,12-13,15-16H,8-11H2,1-2H3,(H2,23,24,25,27,28);1H2. The van der Waals surface area contributed by atoms with Gasteiger partial charge in [0.1, 0.15) is 6.23 Å². The van der Waals surface area contributed by atoms with Gasteiger partial charge in [-0.25, -0.2) is 13.8 Å². The van der Waals surface area contributed by atoms with E-state index in [2.05, 4.69) is 20.3 Å². The van der Waals surface area contributed by atoms with Crippen molar-refractivity contribution in [1.29, 1.82) is 0 Å². The molecule has 9 nitrogen and oxygen atoms in total. The molecular weight excluding hydrogens is 436 g/mol. The number of amides is 1. The molecule has 1 fully saturated rings. The number of nitrogens with zero attached hydrogens (tertiary/aromatic N) is 3. The number of H-pyrrole nitrogens is 1. The first-order chi connectivity index (χ1) is 15.9. The minimum absolute atomic E-state index is 0.0433. The van der Waals surface area contributed by atoms with E-state index in [0.29, 0.717) is 18.9 Å². The fraction of sp³-hybridized carbons (Fsp3) is 0.455. The lowest BCUT2D eigenvalue weighted by Gasteiger charge is -2.16. The van der Waals surface area contributed by atoms with Crippen LogP contribution in [0.5, 0.6) is 0 Å². The second-order valence-electron chi connectivity index (χ2n) is 7.77. The third-order valence-corrected chi connectivity index (χ3v) is 5.01. The van der Waals surface area contributed by atoms with Gasteiger partial charge in [-0.1, -0.05) is 44.2 Å². The van der Waals surface area contributed by atoms with E-state index in [4.69, 9.17) is 9.47 Å². The van der Waals surface area contributed by atoms with Gasteiger partial charge in [-0.15, -0.1) is 0 Å². The first kappa shape index (κ1) is 24.5. The third-order valence-electron chi connectivity index (χ3n) is 5.01. The minimum Gasteiger partial charge on any atom is -0.374 e. The van der Waals surface area contributed by atoms with Crippen LogP contribution in [0.2, 0.25) is 0 Å². The molecule has 178 valence electrons. The van der Waals surface area contributed by atoms with Crippen molar-refractivity contribution in [3.8, 4) is 0 Å². The summed E-state index contributed by atoms with van der Waals surface area (Å²) in [5, 5.41) is 2.63. The van der Waals surface area contributed by atoms with Crippen molar-refractivity contribution in [2.45, 2.75) is 45.6 Å². The van der Waals surface area contributed by atoms with E-state index in [1.165, 1.54) is 0 Å². The van der Waals surface area contributed by atoms with Gasteiger partial charge in [0, 0.05) is 5.92 Å². The molecule has 0 bridgehead atoms. The van der Waals surface area contributed by atoms with Crippen LogP contribution in [0, 0.1) is 5.92 Å². The number of aromatic nitrogens is 4. The zero-order valence-corrected chi connectivity index (χ0v) is 18.5. The Balaban J connectivity index is 0.000000968. The van der Waals surface area contributed by atoms with Crippen LogP contribution < -0.4 is 10.9 Å². The van der Waals surface area contributed by atoms with E-state index in [1.54, 1.807) is 24.7 Å². The van der Waals surface area contributed by atoms with Crippen LogP contribution >= 0.6 is 0 Å². The van der Waals surface area contributed by atoms with Crippen LogP contribution in [0.15, 0.2) is 41.5 Å². The maximum absolute atomic E-state index is 12.3. The van der Waals surface area contributed by atoms with E-state index in [1.807, 2.05) is 30.3 Å².